The number of anilines is 1. The van der Waals surface area contributed by atoms with Crippen molar-refractivity contribution in [2.75, 3.05) is 5.32 Å². The van der Waals surface area contributed by atoms with Gasteiger partial charge in [0, 0.05) is 29.7 Å². The van der Waals surface area contributed by atoms with Crippen LogP contribution in [-0.2, 0) is 13.0 Å². The summed E-state index contributed by atoms with van der Waals surface area (Å²) in [5, 5.41) is 2.85. The maximum absolute atomic E-state index is 12.7. The number of para-hydroxylation sites is 1. The molecule has 0 bridgehead atoms. The van der Waals surface area contributed by atoms with E-state index in [0.29, 0.717) is 5.69 Å². The number of rotatable bonds is 7. The van der Waals surface area contributed by atoms with E-state index < -0.39 is 0 Å². The van der Waals surface area contributed by atoms with Crippen LogP contribution in [0.4, 0.5) is 5.69 Å². The summed E-state index contributed by atoms with van der Waals surface area (Å²) in [7, 11) is 0. The standard InChI is InChI=1S/C20H26N2O2/c1-4-6-13-22-15(3)14-18(23)19(17(22)10-5-2)20(24)21-16-11-8-7-9-12-16/h7-9,11-12,14H,4-6,10,13H2,1-3H3,(H,21,24). The summed E-state index contributed by atoms with van der Waals surface area (Å²) < 4.78 is 2.13. The molecule has 0 aliphatic rings. The molecule has 0 unspecified atom stereocenters. The molecule has 1 heterocycles. The first-order valence-electron chi connectivity index (χ1n) is 8.68. The Morgan fingerprint density at radius 3 is 2.46 bits per heavy atom. The molecule has 0 atom stereocenters. The average molecular weight is 326 g/mol. The molecule has 1 aromatic heterocycles. The second-order valence-corrected chi connectivity index (χ2v) is 6.05. The first kappa shape index (κ1) is 18.0. The van der Waals surface area contributed by atoms with Crippen LogP contribution < -0.4 is 10.7 Å². The molecular formula is C20H26N2O2. The molecule has 24 heavy (non-hydrogen) atoms. The molecule has 0 aliphatic carbocycles. The molecular weight excluding hydrogens is 300 g/mol. The lowest BCUT2D eigenvalue weighted by atomic mass is 10.1. The van der Waals surface area contributed by atoms with E-state index in [4.69, 9.17) is 0 Å². The van der Waals surface area contributed by atoms with Crippen molar-refractivity contribution in [1.29, 1.82) is 0 Å². The number of hydrogen-bond acceptors (Lipinski definition) is 2. The highest BCUT2D eigenvalue weighted by Gasteiger charge is 2.19. The van der Waals surface area contributed by atoms with Crippen LogP contribution in [0.2, 0.25) is 0 Å². The Morgan fingerprint density at radius 1 is 1.12 bits per heavy atom. The van der Waals surface area contributed by atoms with Crippen LogP contribution in [0.3, 0.4) is 0 Å². The molecule has 4 nitrogen and oxygen atoms in total. The van der Waals surface area contributed by atoms with Gasteiger partial charge >= 0.3 is 0 Å². The fourth-order valence-electron chi connectivity index (χ4n) is 2.91. The normalized spacial score (nSPS) is 10.6. The molecule has 128 valence electrons. The van der Waals surface area contributed by atoms with Gasteiger partial charge in [-0.05, 0) is 31.9 Å². The summed E-state index contributed by atoms with van der Waals surface area (Å²) >= 11 is 0. The number of nitrogens with one attached hydrogen (secondary N) is 1. The number of aryl methyl sites for hydroxylation is 1. The number of aromatic nitrogens is 1. The number of pyridine rings is 1. The molecule has 4 heteroatoms. The van der Waals surface area contributed by atoms with E-state index in [9.17, 15) is 9.59 Å². The van der Waals surface area contributed by atoms with Gasteiger partial charge in [0.05, 0.1) is 0 Å². The maximum atomic E-state index is 12.7. The number of carbonyl (C=O) groups excluding carboxylic acids is 1. The first-order chi connectivity index (χ1) is 11.6. The molecule has 2 aromatic rings. The van der Waals surface area contributed by atoms with E-state index in [1.165, 1.54) is 0 Å². The summed E-state index contributed by atoms with van der Waals surface area (Å²) in [5.41, 5.74) is 2.56. The third-order valence-electron chi connectivity index (χ3n) is 4.11. The zero-order chi connectivity index (χ0) is 17.5. The summed E-state index contributed by atoms with van der Waals surface area (Å²) in [5.74, 6) is -0.320. The van der Waals surface area contributed by atoms with Gasteiger partial charge in [-0.3, -0.25) is 9.59 Å². The van der Waals surface area contributed by atoms with Gasteiger partial charge < -0.3 is 9.88 Å². The number of nitrogens with zero attached hydrogens (tertiary/aromatic N) is 1. The van der Waals surface area contributed by atoms with Crippen LogP contribution >= 0.6 is 0 Å². The molecule has 0 radical (unpaired) electrons. The summed E-state index contributed by atoms with van der Waals surface area (Å²) in [6.07, 6.45) is 3.71. The Morgan fingerprint density at radius 2 is 1.83 bits per heavy atom. The Hall–Kier alpha value is -2.36. The molecule has 1 N–H and O–H groups in total. The predicted octanol–water partition coefficient (Wildman–Crippen LogP) is 4.16. The van der Waals surface area contributed by atoms with E-state index in [1.807, 2.05) is 37.3 Å². The monoisotopic (exact) mass is 326 g/mol. The number of amides is 1. The Bertz CT molecular complexity index is 748. The van der Waals surface area contributed by atoms with Gasteiger partial charge in [-0.25, -0.2) is 0 Å². The Kier molecular flexibility index (Phi) is 6.36. The van der Waals surface area contributed by atoms with Crippen molar-refractivity contribution in [3.05, 3.63) is 63.6 Å². The van der Waals surface area contributed by atoms with E-state index >= 15 is 0 Å². The minimum Gasteiger partial charge on any atom is -0.348 e. The molecule has 2 rings (SSSR count). The van der Waals surface area contributed by atoms with Gasteiger partial charge in [0.2, 0.25) is 0 Å². The lowest BCUT2D eigenvalue weighted by Crippen LogP contribution is -2.28. The average Bonchev–Trinajstić information content (AvgIpc) is 2.55. The van der Waals surface area contributed by atoms with Crippen LogP contribution in [-0.4, -0.2) is 10.5 Å². The lowest BCUT2D eigenvalue weighted by molar-refractivity contribution is 0.102. The minimum atomic E-state index is -0.320. The third kappa shape index (κ3) is 4.13. The molecule has 0 saturated carbocycles. The van der Waals surface area contributed by atoms with Gasteiger partial charge in [0.25, 0.3) is 5.91 Å². The first-order valence-corrected chi connectivity index (χ1v) is 8.68. The van der Waals surface area contributed by atoms with Gasteiger partial charge in [-0.1, -0.05) is 44.9 Å². The highest BCUT2D eigenvalue weighted by atomic mass is 16.2. The molecule has 0 spiro atoms. The van der Waals surface area contributed by atoms with Crippen LogP contribution in [0.25, 0.3) is 0 Å². The Labute approximate surface area is 143 Å². The van der Waals surface area contributed by atoms with Gasteiger partial charge in [-0.2, -0.15) is 0 Å². The fraction of sp³-hybridized carbons (Fsp3) is 0.400. The van der Waals surface area contributed by atoms with E-state index in [-0.39, 0.29) is 16.9 Å². The van der Waals surface area contributed by atoms with Gasteiger partial charge in [-0.15, -0.1) is 0 Å². The maximum Gasteiger partial charge on any atom is 0.261 e. The van der Waals surface area contributed by atoms with Gasteiger partial charge in [0.1, 0.15) is 5.56 Å². The van der Waals surface area contributed by atoms with Crippen molar-refractivity contribution in [3.63, 3.8) is 0 Å². The van der Waals surface area contributed by atoms with Crippen LogP contribution in [0.15, 0.2) is 41.2 Å². The molecule has 0 aliphatic heterocycles. The minimum absolute atomic E-state index is 0.197. The Balaban J connectivity index is 2.46. The van der Waals surface area contributed by atoms with Crippen LogP contribution in [0, 0.1) is 6.92 Å². The number of carbonyl (C=O) groups is 1. The largest absolute Gasteiger partial charge is 0.348 e. The fourth-order valence-corrected chi connectivity index (χ4v) is 2.91. The second-order valence-electron chi connectivity index (χ2n) is 6.05. The zero-order valence-electron chi connectivity index (χ0n) is 14.8. The third-order valence-corrected chi connectivity index (χ3v) is 4.11. The van der Waals surface area contributed by atoms with Crippen molar-refractivity contribution < 1.29 is 4.79 Å². The second kappa shape index (κ2) is 8.48. The van der Waals surface area contributed by atoms with Crippen molar-refractivity contribution in [2.24, 2.45) is 0 Å². The smallest absolute Gasteiger partial charge is 0.261 e. The summed E-state index contributed by atoms with van der Waals surface area (Å²) in [6.45, 7) is 6.98. The van der Waals surface area contributed by atoms with Crippen molar-refractivity contribution in [3.8, 4) is 0 Å². The molecule has 1 amide bonds. The van der Waals surface area contributed by atoms with Crippen molar-refractivity contribution in [2.45, 2.75) is 53.0 Å². The predicted molar refractivity (Wildman–Crippen MR) is 98.7 cm³/mol. The molecule has 0 saturated heterocycles. The SMILES string of the molecule is CCCCn1c(C)cc(=O)c(C(=O)Nc2ccccc2)c1CCC. The summed E-state index contributed by atoms with van der Waals surface area (Å²) in [4.78, 5) is 25.3. The van der Waals surface area contributed by atoms with Gasteiger partial charge in [0.15, 0.2) is 5.43 Å². The highest BCUT2D eigenvalue weighted by Crippen LogP contribution is 2.15. The quantitative estimate of drug-likeness (QED) is 0.830. The van der Waals surface area contributed by atoms with Crippen molar-refractivity contribution >= 4 is 11.6 Å². The van der Waals surface area contributed by atoms with Crippen molar-refractivity contribution in [1.82, 2.24) is 4.57 Å². The van der Waals surface area contributed by atoms with E-state index in [0.717, 1.165) is 43.6 Å². The zero-order valence-corrected chi connectivity index (χ0v) is 14.8. The number of benzene rings is 1. The summed E-state index contributed by atoms with van der Waals surface area (Å²) in [6, 6.07) is 10.8. The highest BCUT2D eigenvalue weighted by molar-refractivity contribution is 6.05. The van der Waals surface area contributed by atoms with E-state index in [2.05, 4.69) is 23.7 Å². The van der Waals surface area contributed by atoms with Crippen LogP contribution in [0.5, 0.6) is 0 Å². The number of unbranched alkanes of at least 4 members (excludes halogenated alkanes) is 1. The lowest BCUT2D eigenvalue weighted by Gasteiger charge is -2.19. The molecule has 0 fully saturated rings. The van der Waals surface area contributed by atoms with E-state index in [1.54, 1.807) is 6.07 Å². The number of hydrogen-bond donors (Lipinski definition) is 1. The molecule has 1 aromatic carbocycles. The van der Waals surface area contributed by atoms with Crippen LogP contribution in [0.1, 0.15) is 54.9 Å². The topological polar surface area (TPSA) is 51.1 Å².